The average Bonchev–Trinajstić information content (AvgIpc) is 2.62. The Hall–Kier alpha value is -1.50. The van der Waals surface area contributed by atoms with Crippen LogP contribution < -0.4 is 0 Å². The largest absolute Gasteiger partial charge is 0.457 e. The highest BCUT2D eigenvalue weighted by atomic mass is 16.3. The summed E-state index contributed by atoms with van der Waals surface area (Å²) in [6, 6.07) is 12.2. The second-order valence-corrected chi connectivity index (χ2v) is 3.18. The van der Waals surface area contributed by atoms with Gasteiger partial charge in [0.05, 0.1) is 0 Å². The SMILES string of the molecule is Cc1ccc(Cc2cc[c]o2)cc1. The van der Waals surface area contributed by atoms with Crippen LogP contribution in [0.3, 0.4) is 0 Å². The maximum atomic E-state index is 5.14. The first-order chi connectivity index (χ1) is 6.34. The van der Waals surface area contributed by atoms with Gasteiger partial charge in [-0.05, 0) is 24.6 Å². The van der Waals surface area contributed by atoms with Gasteiger partial charge in [-0.3, -0.25) is 0 Å². The van der Waals surface area contributed by atoms with Crippen LogP contribution in [0, 0.1) is 13.2 Å². The van der Waals surface area contributed by atoms with Gasteiger partial charge < -0.3 is 4.42 Å². The van der Waals surface area contributed by atoms with Gasteiger partial charge in [0.1, 0.15) is 5.76 Å². The number of furan rings is 1. The Morgan fingerprint density at radius 1 is 1.15 bits per heavy atom. The summed E-state index contributed by atoms with van der Waals surface area (Å²) in [7, 11) is 0. The summed E-state index contributed by atoms with van der Waals surface area (Å²) in [6.45, 7) is 2.09. The van der Waals surface area contributed by atoms with Gasteiger partial charge in [0.25, 0.3) is 0 Å². The molecule has 0 amide bonds. The number of hydrogen-bond donors (Lipinski definition) is 0. The molecule has 0 aliphatic rings. The van der Waals surface area contributed by atoms with E-state index in [1.807, 2.05) is 6.07 Å². The molecule has 65 valence electrons. The van der Waals surface area contributed by atoms with Gasteiger partial charge >= 0.3 is 0 Å². The predicted molar refractivity (Wildman–Crippen MR) is 51.5 cm³/mol. The first kappa shape index (κ1) is 8.11. The smallest absolute Gasteiger partial charge is 0.169 e. The van der Waals surface area contributed by atoms with Crippen LogP contribution in [0.4, 0.5) is 0 Å². The highest BCUT2D eigenvalue weighted by Crippen LogP contribution is 2.10. The molecule has 2 rings (SSSR count). The maximum absolute atomic E-state index is 5.14. The van der Waals surface area contributed by atoms with Crippen molar-refractivity contribution in [1.82, 2.24) is 0 Å². The minimum atomic E-state index is 0.851. The summed E-state index contributed by atoms with van der Waals surface area (Å²) in [6.07, 6.45) is 3.54. The molecule has 0 unspecified atom stereocenters. The summed E-state index contributed by atoms with van der Waals surface area (Å²) in [5.41, 5.74) is 2.56. The zero-order valence-electron chi connectivity index (χ0n) is 7.58. The molecule has 1 radical (unpaired) electrons. The fraction of sp³-hybridized carbons (Fsp3) is 0.167. The predicted octanol–water partition coefficient (Wildman–Crippen LogP) is 2.98. The number of aryl methyl sites for hydroxylation is 1. The molecule has 13 heavy (non-hydrogen) atoms. The molecule has 0 saturated heterocycles. The van der Waals surface area contributed by atoms with Crippen LogP contribution in [0.5, 0.6) is 0 Å². The summed E-state index contributed by atoms with van der Waals surface area (Å²) >= 11 is 0. The molecule has 0 fully saturated rings. The molecule has 1 heteroatoms. The zero-order chi connectivity index (χ0) is 9.10. The monoisotopic (exact) mass is 171 g/mol. The van der Waals surface area contributed by atoms with E-state index in [-0.39, 0.29) is 0 Å². The molecular formula is C12H11O. The van der Waals surface area contributed by atoms with Gasteiger partial charge in [0, 0.05) is 6.42 Å². The van der Waals surface area contributed by atoms with Crippen LogP contribution in [0.2, 0.25) is 0 Å². The molecule has 1 heterocycles. The van der Waals surface area contributed by atoms with Gasteiger partial charge in [-0.1, -0.05) is 29.8 Å². The van der Waals surface area contributed by atoms with E-state index in [0.717, 1.165) is 12.2 Å². The van der Waals surface area contributed by atoms with E-state index >= 15 is 0 Å². The molecule has 1 aromatic carbocycles. The molecule has 0 aliphatic heterocycles. The molecule has 0 spiro atoms. The quantitative estimate of drug-likeness (QED) is 0.677. The van der Waals surface area contributed by atoms with E-state index in [9.17, 15) is 0 Å². The molecule has 0 aliphatic carbocycles. The second kappa shape index (κ2) is 3.48. The lowest BCUT2D eigenvalue weighted by molar-refractivity contribution is 0.513. The van der Waals surface area contributed by atoms with E-state index in [0.29, 0.717) is 0 Å². The van der Waals surface area contributed by atoms with Crippen molar-refractivity contribution in [3.8, 4) is 0 Å². The van der Waals surface area contributed by atoms with E-state index in [4.69, 9.17) is 4.42 Å². The average molecular weight is 171 g/mol. The third kappa shape index (κ3) is 2.00. The molecule has 1 aromatic heterocycles. The third-order valence-corrected chi connectivity index (χ3v) is 2.03. The van der Waals surface area contributed by atoms with Crippen molar-refractivity contribution < 1.29 is 4.42 Å². The standard InChI is InChI=1S/C12H11O/c1-10-4-6-11(7-5-10)9-12-3-2-8-13-12/h2-7H,9H2,1H3. The van der Waals surface area contributed by atoms with E-state index in [1.165, 1.54) is 11.1 Å². The maximum Gasteiger partial charge on any atom is 0.169 e. The summed E-state index contributed by atoms with van der Waals surface area (Å²) in [4.78, 5) is 0. The fourth-order valence-electron chi connectivity index (χ4n) is 1.27. The van der Waals surface area contributed by atoms with Crippen molar-refractivity contribution in [2.24, 2.45) is 0 Å². The van der Waals surface area contributed by atoms with Crippen molar-refractivity contribution in [2.45, 2.75) is 13.3 Å². The lowest BCUT2D eigenvalue weighted by atomic mass is 10.1. The minimum absolute atomic E-state index is 0.851. The van der Waals surface area contributed by atoms with Crippen molar-refractivity contribution >= 4 is 0 Å². The second-order valence-electron chi connectivity index (χ2n) is 3.18. The lowest BCUT2D eigenvalue weighted by Gasteiger charge is -1.98. The summed E-state index contributed by atoms with van der Waals surface area (Å²) in [5, 5.41) is 0. The Balaban J connectivity index is 2.15. The third-order valence-electron chi connectivity index (χ3n) is 2.03. The van der Waals surface area contributed by atoms with Crippen LogP contribution in [0.15, 0.2) is 40.8 Å². The summed E-state index contributed by atoms with van der Waals surface area (Å²) < 4.78 is 5.14. The number of benzene rings is 1. The minimum Gasteiger partial charge on any atom is -0.457 e. The van der Waals surface area contributed by atoms with E-state index < -0.39 is 0 Å². The van der Waals surface area contributed by atoms with Gasteiger partial charge in [0.15, 0.2) is 6.26 Å². The summed E-state index contributed by atoms with van der Waals surface area (Å²) in [5.74, 6) is 0.962. The van der Waals surface area contributed by atoms with Gasteiger partial charge in [-0.15, -0.1) is 0 Å². The zero-order valence-corrected chi connectivity index (χ0v) is 7.58. The Kier molecular flexibility index (Phi) is 2.17. The van der Waals surface area contributed by atoms with Crippen molar-refractivity contribution in [3.63, 3.8) is 0 Å². The first-order valence-electron chi connectivity index (χ1n) is 4.35. The molecule has 1 nitrogen and oxygen atoms in total. The molecule has 2 aromatic rings. The van der Waals surface area contributed by atoms with Crippen molar-refractivity contribution in [1.29, 1.82) is 0 Å². The Labute approximate surface area is 78.0 Å². The van der Waals surface area contributed by atoms with Gasteiger partial charge in [-0.25, -0.2) is 0 Å². The first-order valence-corrected chi connectivity index (χ1v) is 4.35. The molecule has 0 N–H and O–H groups in total. The lowest BCUT2D eigenvalue weighted by Crippen LogP contribution is -1.84. The van der Waals surface area contributed by atoms with Gasteiger partial charge in [-0.2, -0.15) is 0 Å². The Morgan fingerprint density at radius 3 is 2.54 bits per heavy atom. The highest BCUT2D eigenvalue weighted by Gasteiger charge is 1.97. The van der Waals surface area contributed by atoms with Crippen molar-refractivity contribution in [2.75, 3.05) is 0 Å². The number of rotatable bonds is 2. The molecule has 0 atom stereocenters. The van der Waals surface area contributed by atoms with Crippen LogP contribution in [0.1, 0.15) is 16.9 Å². The van der Waals surface area contributed by atoms with Gasteiger partial charge in [0.2, 0.25) is 0 Å². The van der Waals surface area contributed by atoms with Crippen molar-refractivity contribution in [3.05, 3.63) is 59.5 Å². The molecule has 0 saturated carbocycles. The molecular weight excluding hydrogens is 160 g/mol. The van der Waals surface area contributed by atoms with E-state index in [2.05, 4.69) is 37.5 Å². The van der Waals surface area contributed by atoms with Crippen LogP contribution in [-0.4, -0.2) is 0 Å². The Bertz CT molecular complexity index is 357. The highest BCUT2D eigenvalue weighted by molar-refractivity contribution is 5.24. The van der Waals surface area contributed by atoms with Crippen LogP contribution >= 0.6 is 0 Å². The normalized spacial score (nSPS) is 10.2. The van der Waals surface area contributed by atoms with Crippen LogP contribution in [-0.2, 0) is 6.42 Å². The molecule has 0 bridgehead atoms. The van der Waals surface area contributed by atoms with Crippen LogP contribution in [0.25, 0.3) is 0 Å². The Morgan fingerprint density at radius 2 is 1.92 bits per heavy atom. The van der Waals surface area contributed by atoms with E-state index in [1.54, 1.807) is 6.07 Å². The fourth-order valence-corrected chi connectivity index (χ4v) is 1.27. The topological polar surface area (TPSA) is 13.1 Å². The number of hydrogen-bond acceptors (Lipinski definition) is 1.